The highest BCUT2D eigenvalue weighted by atomic mass is 16.7. The van der Waals surface area contributed by atoms with Gasteiger partial charge in [-0.05, 0) is 36.8 Å². The maximum absolute atomic E-state index is 12.0. The quantitative estimate of drug-likeness (QED) is 0.799. The van der Waals surface area contributed by atoms with Gasteiger partial charge < -0.3 is 14.6 Å². The van der Waals surface area contributed by atoms with Gasteiger partial charge in [0.25, 0.3) is 0 Å². The van der Waals surface area contributed by atoms with Gasteiger partial charge in [-0.25, -0.2) is 0 Å². The SMILES string of the molecule is CC1=C(C)C(O)(c2ccccc2C2(c3ccccc3)OCCO2)C(C)C1C. The molecule has 2 aliphatic rings. The average Bonchev–Trinajstić information content (AvgIpc) is 3.27. The fourth-order valence-electron chi connectivity index (χ4n) is 4.82. The van der Waals surface area contributed by atoms with E-state index in [0.717, 1.165) is 22.3 Å². The van der Waals surface area contributed by atoms with E-state index in [0.29, 0.717) is 19.1 Å². The molecule has 1 saturated heterocycles. The Bertz CT molecular complexity index is 864. The summed E-state index contributed by atoms with van der Waals surface area (Å²) in [7, 11) is 0. The number of benzene rings is 2. The molecule has 0 bridgehead atoms. The van der Waals surface area contributed by atoms with Crippen molar-refractivity contribution in [2.75, 3.05) is 13.2 Å². The number of allylic oxidation sites excluding steroid dienone is 1. The number of ether oxygens (including phenoxy) is 2. The number of aliphatic hydroxyl groups is 1. The van der Waals surface area contributed by atoms with Crippen LogP contribution in [0.25, 0.3) is 0 Å². The molecule has 3 unspecified atom stereocenters. The molecular formula is C24H28O3. The van der Waals surface area contributed by atoms with Gasteiger partial charge in [-0.3, -0.25) is 0 Å². The maximum atomic E-state index is 12.0. The van der Waals surface area contributed by atoms with E-state index in [-0.39, 0.29) is 5.92 Å². The highest BCUT2D eigenvalue weighted by Crippen LogP contribution is 2.53. The van der Waals surface area contributed by atoms with E-state index in [1.807, 2.05) is 54.6 Å². The van der Waals surface area contributed by atoms with Crippen molar-refractivity contribution in [3.63, 3.8) is 0 Å². The molecule has 3 heteroatoms. The van der Waals surface area contributed by atoms with E-state index in [9.17, 15) is 5.11 Å². The van der Waals surface area contributed by atoms with Crippen LogP contribution in [0.15, 0.2) is 65.7 Å². The molecule has 1 fully saturated rings. The lowest BCUT2D eigenvalue weighted by molar-refractivity contribution is -0.132. The Morgan fingerprint density at radius 2 is 1.41 bits per heavy atom. The second-order valence-electron chi connectivity index (χ2n) is 7.88. The van der Waals surface area contributed by atoms with E-state index < -0.39 is 11.4 Å². The van der Waals surface area contributed by atoms with Crippen molar-refractivity contribution in [1.82, 2.24) is 0 Å². The summed E-state index contributed by atoms with van der Waals surface area (Å²) >= 11 is 0. The molecule has 0 amide bonds. The molecule has 2 aromatic rings. The first-order valence-electron chi connectivity index (χ1n) is 9.76. The number of hydrogen-bond donors (Lipinski definition) is 1. The Morgan fingerprint density at radius 3 is 1.96 bits per heavy atom. The summed E-state index contributed by atoms with van der Waals surface area (Å²) in [6.07, 6.45) is 0. The van der Waals surface area contributed by atoms with Crippen LogP contribution in [0.2, 0.25) is 0 Å². The maximum Gasteiger partial charge on any atom is 0.222 e. The molecule has 1 aliphatic carbocycles. The lowest BCUT2D eigenvalue weighted by Gasteiger charge is -2.38. The number of rotatable bonds is 3. The summed E-state index contributed by atoms with van der Waals surface area (Å²) < 4.78 is 12.5. The summed E-state index contributed by atoms with van der Waals surface area (Å²) in [6, 6.07) is 18.1. The van der Waals surface area contributed by atoms with Crippen molar-refractivity contribution in [3.05, 3.63) is 82.4 Å². The second-order valence-corrected chi connectivity index (χ2v) is 7.88. The predicted octanol–water partition coefficient (Wildman–Crippen LogP) is 4.74. The van der Waals surface area contributed by atoms with Gasteiger partial charge in [0.1, 0.15) is 5.60 Å². The van der Waals surface area contributed by atoms with Gasteiger partial charge in [0.15, 0.2) is 0 Å². The second kappa shape index (κ2) is 6.59. The molecule has 1 heterocycles. The van der Waals surface area contributed by atoms with Gasteiger partial charge in [-0.2, -0.15) is 0 Å². The Kier molecular flexibility index (Phi) is 4.50. The summed E-state index contributed by atoms with van der Waals surface area (Å²) in [5, 5.41) is 12.0. The Labute approximate surface area is 161 Å². The predicted molar refractivity (Wildman–Crippen MR) is 106 cm³/mol. The van der Waals surface area contributed by atoms with Crippen LogP contribution < -0.4 is 0 Å². The van der Waals surface area contributed by atoms with Gasteiger partial charge in [0, 0.05) is 11.1 Å². The van der Waals surface area contributed by atoms with Gasteiger partial charge in [0.2, 0.25) is 5.79 Å². The fourth-order valence-corrected chi connectivity index (χ4v) is 4.82. The van der Waals surface area contributed by atoms with Crippen LogP contribution in [-0.4, -0.2) is 18.3 Å². The van der Waals surface area contributed by atoms with Crippen LogP contribution in [-0.2, 0) is 20.9 Å². The smallest absolute Gasteiger partial charge is 0.222 e. The van der Waals surface area contributed by atoms with E-state index in [2.05, 4.69) is 27.7 Å². The van der Waals surface area contributed by atoms with E-state index in [1.54, 1.807) is 0 Å². The minimum absolute atomic E-state index is 0.0767. The minimum Gasteiger partial charge on any atom is -0.380 e. The first-order valence-corrected chi connectivity index (χ1v) is 9.76. The standard InChI is InChI=1S/C24H28O3/c1-16-17(2)19(4)23(25,18(16)3)21-12-8-9-13-22(21)24(26-14-15-27-24)20-10-6-5-7-11-20/h5-13,16,18,25H,14-15H2,1-4H3. The normalized spacial score (nSPS) is 30.1. The molecule has 0 radical (unpaired) electrons. The highest BCUT2D eigenvalue weighted by Gasteiger charge is 2.51. The zero-order chi connectivity index (χ0) is 19.2. The van der Waals surface area contributed by atoms with Crippen LogP contribution in [0.3, 0.4) is 0 Å². The zero-order valence-electron chi connectivity index (χ0n) is 16.5. The van der Waals surface area contributed by atoms with Crippen LogP contribution in [0.1, 0.15) is 44.4 Å². The van der Waals surface area contributed by atoms with Crippen LogP contribution in [0, 0.1) is 11.8 Å². The molecule has 142 valence electrons. The van der Waals surface area contributed by atoms with Gasteiger partial charge in [-0.15, -0.1) is 0 Å². The Morgan fingerprint density at radius 1 is 0.852 bits per heavy atom. The Hall–Kier alpha value is -1.94. The largest absolute Gasteiger partial charge is 0.380 e. The van der Waals surface area contributed by atoms with E-state index >= 15 is 0 Å². The van der Waals surface area contributed by atoms with Crippen LogP contribution >= 0.6 is 0 Å². The van der Waals surface area contributed by atoms with Gasteiger partial charge >= 0.3 is 0 Å². The topological polar surface area (TPSA) is 38.7 Å². The first-order chi connectivity index (χ1) is 12.9. The third-order valence-electron chi connectivity index (χ3n) is 6.80. The van der Waals surface area contributed by atoms with Crippen molar-refractivity contribution in [2.24, 2.45) is 11.8 Å². The molecule has 27 heavy (non-hydrogen) atoms. The lowest BCUT2D eigenvalue weighted by atomic mass is 9.75. The molecular weight excluding hydrogens is 336 g/mol. The van der Waals surface area contributed by atoms with Gasteiger partial charge in [0.05, 0.1) is 13.2 Å². The lowest BCUT2D eigenvalue weighted by Crippen LogP contribution is -2.38. The molecule has 0 saturated carbocycles. The van der Waals surface area contributed by atoms with E-state index in [4.69, 9.17) is 9.47 Å². The van der Waals surface area contributed by atoms with Crippen molar-refractivity contribution >= 4 is 0 Å². The minimum atomic E-state index is -1.03. The van der Waals surface area contributed by atoms with E-state index in [1.165, 1.54) is 5.57 Å². The molecule has 0 aromatic heterocycles. The molecule has 1 aliphatic heterocycles. The van der Waals surface area contributed by atoms with Crippen molar-refractivity contribution in [2.45, 2.75) is 39.1 Å². The summed E-state index contributed by atoms with van der Waals surface area (Å²) in [4.78, 5) is 0. The first kappa shape index (κ1) is 18.4. The van der Waals surface area contributed by atoms with Gasteiger partial charge in [-0.1, -0.05) is 74.0 Å². The molecule has 1 N–H and O–H groups in total. The average molecular weight is 364 g/mol. The summed E-state index contributed by atoms with van der Waals surface area (Å²) in [5.41, 5.74) is 4.00. The van der Waals surface area contributed by atoms with Crippen molar-refractivity contribution in [3.8, 4) is 0 Å². The third kappa shape index (κ3) is 2.53. The number of hydrogen-bond acceptors (Lipinski definition) is 3. The van der Waals surface area contributed by atoms with Crippen molar-refractivity contribution in [1.29, 1.82) is 0 Å². The van der Waals surface area contributed by atoms with Crippen LogP contribution in [0.4, 0.5) is 0 Å². The van der Waals surface area contributed by atoms with Crippen molar-refractivity contribution < 1.29 is 14.6 Å². The zero-order valence-corrected chi connectivity index (χ0v) is 16.5. The third-order valence-corrected chi connectivity index (χ3v) is 6.80. The monoisotopic (exact) mass is 364 g/mol. The molecule has 2 aromatic carbocycles. The Balaban J connectivity index is 1.95. The molecule has 3 nitrogen and oxygen atoms in total. The molecule has 3 atom stereocenters. The fraction of sp³-hybridized carbons (Fsp3) is 0.417. The van der Waals surface area contributed by atoms with Crippen LogP contribution in [0.5, 0.6) is 0 Å². The summed E-state index contributed by atoms with van der Waals surface area (Å²) in [6.45, 7) is 9.57. The summed E-state index contributed by atoms with van der Waals surface area (Å²) in [5.74, 6) is -0.582. The highest BCUT2D eigenvalue weighted by molar-refractivity contribution is 5.49. The molecule has 4 rings (SSSR count). The molecule has 0 spiro atoms.